The van der Waals surface area contributed by atoms with E-state index in [2.05, 4.69) is 15.6 Å². The van der Waals surface area contributed by atoms with Crippen molar-refractivity contribution in [1.82, 2.24) is 9.55 Å². The molecule has 0 aliphatic heterocycles. The van der Waals surface area contributed by atoms with Crippen LogP contribution in [0.5, 0.6) is 0 Å². The number of imidazole rings is 1. The second-order valence-corrected chi connectivity index (χ2v) is 9.06. The summed E-state index contributed by atoms with van der Waals surface area (Å²) in [6, 6.07) is 17.8. The standard InChI is InChI=1S/C26H25FN4O2S/c1-16-8-10-19(12-18(16)3)29-25(33)15-34-26-30-22-6-4-5-7-23(22)31(26)14-24(32)28-20-11-9-17(2)21(27)13-20/h4-13H,14-15H2,1-3H3,(H,28,32)(H,29,33). The Morgan fingerprint density at radius 2 is 1.56 bits per heavy atom. The molecule has 4 rings (SSSR count). The number of nitrogens with one attached hydrogen (secondary N) is 2. The molecule has 4 aromatic rings. The van der Waals surface area contributed by atoms with Gasteiger partial charge in [0.2, 0.25) is 11.8 Å². The highest BCUT2D eigenvalue weighted by atomic mass is 32.2. The number of carbonyl (C=O) groups is 2. The van der Waals surface area contributed by atoms with Gasteiger partial charge in [0.15, 0.2) is 5.16 Å². The van der Waals surface area contributed by atoms with Gasteiger partial charge in [-0.3, -0.25) is 9.59 Å². The van der Waals surface area contributed by atoms with Crippen molar-refractivity contribution in [3.8, 4) is 0 Å². The number of hydrogen-bond donors (Lipinski definition) is 2. The molecule has 8 heteroatoms. The Hall–Kier alpha value is -3.65. The number of thioether (sulfide) groups is 1. The van der Waals surface area contributed by atoms with Crippen LogP contribution in [0.25, 0.3) is 11.0 Å². The zero-order valence-corrected chi connectivity index (χ0v) is 20.0. The first-order valence-corrected chi connectivity index (χ1v) is 11.8. The molecule has 0 fully saturated rings. The summed E-state index contributed by atoms with van der Waals surface area (Å²) in [6.45, 7) is 5.67. The van der Waals surface area contributed by atoms with Crippen LogP contribution in [0.4, 0.5) is 15.8 Å². The van der Waals surface area contributed by atoms with Gasteiger partial charge in [-0.1, -0.05) is 36.0 Å². The normalized spacial score (nSPS) is 10.9. The van der Waals surface area contributed by atoms with Crippen LogP contribution in [0.1, 0.15) is 16.7 Å². The van der Waals surface area contributed by atoms with Gasteiger partial charge in [-0.2, -0.15) is 0 Å². The zero-order valence-electron chi connectivity index (χ0n) is 19.2. The number of para-hydroxylation sites is 2. The molecule has 0 aliphatic carbocycles. The summed E-state index contributed by atoms with van der Waals surface area (Å²) in [6.07, 6.45) is 0. The molecule has 0 aliphatic rings. The number of benzene rings is 3. The number of rotatable bonds is 7. The van der Waals surface area contributed by atoms with Crippen molar-refractivity contribution in [1.29, 1.82) is 0 Å². The SMILES string of the molecule is Cc1ccc(NC(=O)CSc2nc3ccccc3n2CC(=O)Nc2ccc(C)c(F)c2)cc1C. The van der Waals surface area contributed by atoms with Crippen LogP contribution in [0.2, 0.25) is 0 Å². The quantitative estimate of drug-likeness (QED) is 0.347. The van der Waals surface area contributed by atoms with Crippen LogP contribution >= 0.6 is 11.8 Å². The third-order valence-electron chi connectivity index (χ3n) is 5.50. The maximum atomic E-state index is 13.8. The molecule has 34 heavy (non-hydrogen) atoms. The summed E-state index contributed by atoms with van der Waals surface area (Å²) >= 11 is 1.26. The molecule has 2 amide bonds. The maximum absolute atomic E-state index is 13.8. The van der Waals surface area contributed by atoms with E-state index in [0.717, 1.165) is 27.8 Å². The lowest BCUT2D eigenvalue weighted by Gasteiger charge is -2.11. The number of aromatic nitrogens is 2. The van der Waals surface area contributed by atoms with Gasteiger partial charge in [0.1, 0.15) is 12.4 Å². The summed E-state index contributed by atoms with van der Waals surface area (Å²) in [5.41, 5.74) is 5.42. The van der Waals surface area contributed by atoms with E-state index in [9.17, 15) is 14.0 Å². The molecule has 174 valence electrons. The van der Waals surface area contributed by atoms with Gasteiger partial charge in [0, 0.05) is 11.4 Å². The summed E-state index contributed by atoms with van der Waals surface area (Å²) in [7, 11) is 0. The van der Waals surface area contributed by atoms with Crippen molar-refractivity contribution in [2.75, 3.05) is 16.4 Å². The van der Waals surface area contributed by atoms with E-state index in [1.54, 1.807) is 23.6 Å². The number of carbonyl (C=O) groups excluding carboxylic acids is 2. The average molecular weight is 477 g/mol. The number of aryl methyl sites for hydroxylation is 3. The van der Waals surface area contributed by atoms with E-state index in [1.165, 1.54) is 17.8 Å². The minimum atomic E-state index is -0.378. The molecule has 6 nitrogen and oxygen atoms in total. The fourth-order valence-corrected chi connectivity index (χ4v) is 4.29. The smallest absolute Gasteiger partial charge is 0.244 e. The van der Waals surface area contributed by atoms with E-state index in [1.807, 2.05) is 56.3 Å². The summed E-state index contributed by atoms with van der Waals surface area (Å²) in [5.74, 6) is -0.711. The molecule has 0 atom stereocenters. The van der Waals surface area contributed by atoms with Gasteiger partial charge in [0.25, 0.3) is 0 Å². The molecular weight excluding hydrogens is 451 g/mol. The van der Waals surface area contributed by atoms with Crippen molar-refractivity contribution in [2.24, 2.45) is 0 Å². The largest absolute Gasteiger partial charge is 0.325 e. The fraction of sp³-hybridized carbons (Fsp3) is 0.192. The Bertz CT molecular complexity index is 1380. The Balaban J connectivity index is 1.48. The minimum Gasteiger partial charge on any atom is -0.325 e. The monoisotopic (exact) mass is 476 g/mol. The van der Waals surface area contributed by atoms with Gasteiger partial charge < -0.3 is 15.2 Å². The minimum absolute atomic E-state index is 0.0167. The van der Waals surface area contributed by atoms with Gasteiger partial charge in [-0.25, -0.2) is 9.37 Å². The number of amides is 2. The predicted octanol–water partition coefficient (Wildman–Crippen LogP) is 5.47. The lowest BCUT2D eigenvalue weighted by molar-refractivity contribution is -0.117. The van der Waals surface area contributed by atoms with E-state index < -0.39 is 0 Å². The molecule has 3 aromatic carbocycles. The van der Waals surface area contributed by atoms with Crippen LogP contribution < -0.4 is 10.6 Å². The Labute approximate surface area is 201 Å². The van der Waals surface area contributed by atoms with Crippen LogP contribution in [-0.2, 0) is 16.1 Å². The Morgan fingerprint density at radius 1 is 0.882 bits per heavy atom. The highest BCUT2D eigenvalue weighted by molar-refractivity contribution is 7.99. The number of anilines is 2. The lowest BCUT2D eigenvalue weighted by atomic mass is 10.1. The molecular formula is C26H25FN4O2S. The molecule has 1 heterocycles. The molecule has 0 spiro atoms. The van der Waals surface area contributed by atoms with Crippen LogP contribution in [-0.4, -0.2) is 27.1 Å². The molecule has 2 N–H and O–H groups in total. The highest BCUT2D eigenvalue weighted by Crippen LogP contribution is 2.25. The first-order valence-electron chi connectivity index (χ1n) is 10.8. The highest BCUT2D eigenvalue weighted by Gasteiger charge is 2.16. The lowest BCUT2D eigenvalue weighted by Crippen LogP contribution is -2.20. The summed E-state index contributed by atoms with van der Waals surface area (Å²) < 4.78 is 15.6. The fourth-order valence-electron chi connectivity index (χ4n) is 3.48. The summed E-state index contributed by atoms with van der Waals surface area (Å²) in [4.78, 5) is 29.9. The third kappa shape index (κ3) is 5.46. The van der Waals surface area contributed by atoms with Crippen molar-refractivity contribution >= 4 is 46.0 Å². The third-order valence-corrected chi connectivity index (χ3v) is 6.48. The van der Waals surface area contributed by atoms with E-state index in [-0.39, 0.29) is 29.9 Å². The number of nitrogens with zero attached hydrogens (tertiary/aromatic N) is 2. The van der Waals surface area contributed by atoms with E-state index >= 15 is 0 Å². The van der Waals surface area contributed by atoms with E-state index in [0.29, 0.717) is 16.4 Å². The number of halogens is 1. The molecule has 0 bridgehead atoms. The average Bonchev–Trinajstić information content (AvgIpc) is 3.14. The molecule has 0 unspecified atom stereocenters. The van der Waals surface area contributed by atoms with Gasteiger partial charge in [0.05, 0.1) is 16.8 Å². The zero-order chi connectivity index (χ0) is 24.2. The molecule has 0 saturated carbocycles. The molecule has 1 aromatic heterocycles. The van der Waals surface area contributed by atoms with Crippen LogP contribution in [0, 0.1) is 26.6 Å². The maximum Gasteiger partial charge on any atom is 0.244 e. The van der Waals surface area contributed by atoms with E-state index in [4.69, 9.17) is 0 Å². The van der Waals surface area contributed by atoms with Crippen molar-refractivity contribution in [3.63, 3.8) is 0 Å². The topological polar surface area (TPSA) is 76.0 Å². The Kier molecular flexibility index (Phi) is 6.98. The first-order chi connectivity index (χ1) is 16.3. The summed E-state index contributed by atoms with van der Waals surface area (Å²) in [5, 5.41) is 6.19. The van der Waals surface area contributed by atoms with Crippen LogP contribution in [0.3, 0.4) is 0 Å². The molecule has 0 saturated heterocycles. The van der Waals surface area contributed by atoms with Gasteiger partial charge in [-0.05, 0) is 73.9 Å². The predicted molar refractivity (Wildman–Crippen MR) is 135 cm³/mol. The second-order valence-electron chi connectivity index (χ2n) is 8.12. The second kappa shape index (κ2) is 10.1. The van der Waals surface area contributed by atoms with Gasteiger partial charge >= 0.3 is 0 Å². The van der Waals surface area contributed by atoms with Crippen molar-refractivity contribution < 1.29 is 14.0 Å². The molecule has 0 radical (unpaired) electrons. The van der Waals surface area contributed by atoms with Crippen molar-refractivity contribution in [2.45, 2.75) is 32.5 Å². The van der Waals surface area contributed by atoms with Gasteiger partial charge in [-0.15, -0.1) is 0 Å². The Morgan fingerprint density at radius 3 is 2.29 bits per heavy atom. The van der Waals surface area contributed by atoms with Crippen molar-refractivity contribution in [3.05, 3.63) is 83.2 Å². The van der Waals surface area contributed by atoms with Crippen LogP contribution in [0.15, 0.2) is 65.8 Å². The number of fused-ring (bicyclic) bond motifs is 1. The first kappa shape index (κ1) is 23.5. The number of hydrogen-bond acceptors (Lipinski definition) is 4.